The maximum Gasteiger partial charge on any atom is 0.243 e. The van der Waals surface area contributed by atoms with Gasteiger partial charge in [0.2, 0.25) is 10.0 Å². The summed E-state index contributed by atoms with van der Waals surface area (Å²) in [6.07, 6.45) is 0.862. The number of nitrogens with one attached hydrogen (secondary N) is 1. The molecule has 0 bridgehead atoms. The maximum atomic E-state index is 12.7. The molecule has 0 aliphatic carbocycles. The number of nitrogens with zero attached hydrogens (tertiary/aromatic N) is 1. The predicted molar refractivity (Wildman–Crippen MR) is 88.3 cm³/mol. The summed E-state index contributed by atoms with van der Waals surface area (Å²) in [4.78, 5) is 0.362. The molecule has 1 atom stereocenters. The van der Waals surface area contributed by atoms with Gasteiger partial charge in [-0.25, -0.2) is 8.42 Å². The second-order valence-corrected chi connectivity index (χ2v) is 7.86. The highest BCUT2D eigenvalue weighted by Crippen LogP contribution is 2.29. The van der Waals surface area contributed by atoms with Crippen molar-refractivity contribution in [3.63, 3.8) is 0 Å². The summed E-state index contributed by atoms with van der Waals surface area (Å²) in [5.41, 5.74) is 3.09. The number of hydrogen-bond acceptors (Lipinski definition) is 3. The Bertz CT molecular complexity index is 773. The Balaban J connectivity index is 1.85. The molecule has 0 amide bonds. The van der Waals surface area contributed by atoms with Crippen LogP contribution < -0.4 is 5.32 Å². The Morgan fingerprint density at radius 1 is 1.18 bits per heavy atom. The Morgan fingerprint density at radius 2 is 1.91 bits per heavy atom. The molecule has 116 valence electrons. The molecule has 1 N–H and O–H groups in total. The highest BCUT2D eigenvalue weighted by atomic mass is 32.2. The largest absolute Gasteiger partial charge is 0.382 e. The SMILES string of the molecule is CC1Cc2cc(S(=O)(=O)N(C)Cc3ccccc3)ccc2N1. The molecule has 1 aliphatic heterocycles. The van der Waals surface area contributed by atoms with Crippen LogP contribution in [0.4, 0.5) is 5.69 Å². The van der Waals surface area contributed by atoms with Crippen molar-refractivity contribution in [1.82, 2.24) is 4.31 Å². The highest BCUT2D eigenvalue weighted by Gasteiger charge is 2.24. The van der Waals surface area contributed by atoms with Gasteiger partial charge in [0.15, 0.2) is 0 Å². The molecule has 1 aliphatic rings. The van der Waals surface area contributed by atoms with E-state index in [9.17, 15) is 8.42 Å². The van der Waals surface area contributed by atoms with E-state index >= 15 is 0 Å². The van der Waals surface area contributed by atoms with Crippen LogP contribution in [-0.4, -0.2) is 25.8 Å². The Labute approximate surface area is 131 Å². The van der Waals surface area contributed by atoms with Crippen LogP contribution in [0.5, 0.6) is 0 Å². The van der Waals surface area contributed by atoms with Crippen LogP contribution in [0, 0.1) is 0 Å². The molecule has 1 heterocycles. The van der Waals surface area contributed by atoms with Crippen LogP contribution in [0.25, 0.3) is 0 Å². The monoisotopic (exact) mass is 316 g/mol. The van der Waals surface area contributed by atoms with Gasteiger partial charge in [0.05, 0.1) is 4.90 Å². The number of sulfonamides is 1. The van der Waals surface area contributed by atoms with Crippen molar-refractivity contribution in [2.45, 2.75) is 30.8 Å². The lowest BCUT2D eigenvalue weighted by Gasteiger charge is -2.18. The fourth-order valence-electron chi connectivity index (χ4n) is 2.79. The first-order valence-corrected chi connectivity index (χ1v) is 8.80. The second-order valence-electron chi connectivity index (χ2n) is 5.82. The summed E-state index contributed by atoms with van der Waals surface area (Å²) >= 11 is 0. The molecule has 0 saturated carbocycles. The van der Waals surface area contributed by atoms with Gasteiger partial charge in [0, 0.05) is 25.3 Å². The molecule has 3 rings (SSSR count). The molecule has 4 nitrogen and oxygen atoms in total. The molecule has 2 aromatic rings. The van der Waals surface area contributed by atoms with Crippen LogP contribution >= 0.6 is 0 Å². The zero-order chi connectivity index (χ0) is 15.7. The molecular weight excluding hydrogens is 296 g/mol. The Kier molecular flexibility index (Phi) is 3.93. The van der Waals surface area contributed by atoms with E-state index in [1.54, 1.807) is 19.2 Å². The van der Waals surface area contributed by atoms with E-state index in [1.807, 2.05) is 36.4 Å². The molecule has 0 spiro atoms. The number of anilines is 1. The van der Waals surface area contributed by atoms with Gasteiger partial charge in [0.1, 0.15) is 0 Å². The van der Waals surface area contributed by atoms with Crippen LogP contribution in [0.3, 0.4) is 0 Å². The van der Waals surface area contributed by atoms with Gasteiger partial charge in [0.25, 0.3) is 0 Å². The van der Waals surface area contributed by atoms with Crippen molar-refractivity contribution in [2.24, 2.45) is 0 Å². The lowest BCUT2D eigenvalue weighted by Crippen LogP contribution is -2.26. The van der Waals surface area contributed by atoms with Gasteiger partial charge in [-0.05, 0) is 42.7 Å². The third-order valence-corrected chi connectivity index (χ3v) is 5.76. The minimum Gasteiger partial charge on any atom is -0.382 e. The van der Waals surface area contributed by atoms with Crippen molar-refractivity contribution in [1.29, 1.82) is 0 Å². The van der Waals surface area contributed by atoms with E-state index in [1.165, 1.54) is 4.31 Å². The summed E-state index contributed by atoms with van der Waals surface area (Å²) in [5, 5.41) is 3.34. The van der Waals surface area contributed by atoms with Gasteiger partial charge in [-0.1, -0.05) is 30.3 Å². The van der Waals surface area contributed by atoms with E-state index in [4.69, 9.17) is 0 Å². The molecule has 0 fully saturated rings. The lowest BCUT2D eigenvalue weighted by molar-refractivity contribution is 0.466. The minimum absolute atomic E-state index is 0.356. The first kappa shape index (κ1) is 15.1. The minimum atomic E-state index is -3.47. The summed E-state index contributed by atoms with van der Waals surface area (Å²) in [5.74, 6) is 0. The van der Waals surface area contributed by atoms with E-state index in [0.29, 0.717) is 17.5 Å². The smallest absolute Gasteiger partial charge is 0.243 e. The lowest BCUT2D eigenvalue weighted by atomic mass is 10.1. The molecule has 2 aromatic carbocycles. The number of benzene rings is 2. The molecular formula is C17H20N2O2S. The second kappa shape index (κ2) is 5.74. The van der Waals surface area contributed by atoms with Crippen LogP contribution in [0.2, 0.25) is 0 Å². The zero-order valence-electron chi connectivity index (χ0n) is 12.8. The van der Waals surface area contributed by atoms with Crippen LogP contribution in [0.1, 0.15) is 18.1 Å². The summed E-state index contributed by atoms with van der Waals surface area (Å²) < 4.78 is 26.8. The third kappa shape index (κ3) is 2.87. The number of fused-ring (bicyclic) bond motifs is 1. The number of hydrogen-bond donors (Lipinski definition) is 1. The van der Waals surface area contributed by atoms with Gasteiger partial charge >= 0.3 is 0 Å². The molecule has 0 radical (unpaired) electrons. The van der Waals surface area contributed by atoms with Crippen molar-refractivity contribution in [3.05, 3.63) is 59.7 Å². The predicted octanol–water partition coefficient (Wildman–Crippen LogP) is 2.86. The average molecular weight is 316 g/mol. The first-order chi connectivity index (χ1) is 10.5. The molecule has 0 saturated heterocycles. The van der Waals surface area contributed by atoms with Crippen molar-refractivity contribution < 1.29 is 8.42 Å². The van der Waals surface area contributed by atoms with Crippen molar-refractivity contribution in [3.8, 4) is 0 Å². The van der Waals surface area contributed by atoms with E-state index in [-0.39, 0.29) is 0 Å². The molecule has 22 heavy (non-hydrogen) atoms. The van der Waals surface area contributed by atoms with E-state index in [0.717, 1.165) is 23.2 Å². The summed E-state index contributed by atoms with van der Waals surface area (Å²) in [6.45, 7) is 2.46. The third-order valence-electron chi connectivity index (χ3n) is 3.96. The van der Waals surface area contributed by atoms with Crippen LogP contribution in [-0.2, 0) is 23.0 Å². The van der Waals surface area contributed by atoms with Gasteiger partial charge < -0.3 is 5.32 Å². The fourth-order valence-corrected chi connectivity index (χ4v) is 4.00. The summed E-state index contributed by atoms with van der Waals surface area (Å²) in [6, 6.07) is 15.3. The Hall–Kier alpha value is -1.85. The molecule has 1 unspecified atom stereocenters. The first-order valence-electron chi connectivity index (χ1n) is 7.36. The maximum absolute atomic E-state index is 12.7. The van der Waals surface area contributed by atoms with E-state index < -0.39 is 10.0 Å². The van der Waals surface area contributed by atoms with Crippen LogP contribution in [0.15, 0.2) is 53.4 Å². The van der Waals surface area contributed by atoms with Gasteiger partial charge in [-0.15, -0.1) is 0 Å². The fraction of sp³-hybridized carbons (Fsp3) is 0.294. The highest BCUT2D eigenvalue weighted by molar-refractivity contribution is 7.89. The normalized spacial score (nSPS) is 17.3. The molecule has 0 aromatic heterocycles. The topological polar surface area (TPSA) is 49.4 Å². The standard InChI is InChI=1S/C17H20N2O2S/c1-13-10-15-11-16(8-9-17(15)18-13)22(20,21)19(2)12-14-6-4-3-5-7-14/h3-9,11,13,18H,10,12H2,1-2H3. The van der Waals surface area contributed by atoms with Gasteiger partial charge in [-0.3, -0.25) is 0 Å². The van der Waals surface area contributed by atoms with Gasteiger partial charge in [-0.2, -0.15) is 4.31 Å². The van der Waals surface area contributed by atoms with Crippen molar-refractivity contribution >= 4 is 15.7 Å². The number of rotatable bonds is 4. The quantitative estimate of drug-likeness (QED) is 0.943. The zero-order valence-corrected chi connectivity index (χ0v) is 13.6. The Morgan fingerprint density at radius 3 is 2.64 bits per heavy atom. The van der Waals surface area contributed by atoms with Crippen molar-refractivity contribution in [2.75, 3.05) is 12.4 Å². The average Bonchev–Trinajstić information content (AvgIpc) is 2.87. The molecule has 5 heteroatoms. The summed E-state index contributed by atoms with van der Waals surface area (Å²) in [7, 11) is -1.85. The van der Waals surface area contributed by atoms with E-state index in [2.05, 4.69) is 12.2 Å².